The average Bonchev–Trinajstić information content (AvgIpc) is 2.39. The number of nitriles is 1. The number of nitrogens with zero attached hydrogens (tertiary/aromatic N) is 1. The second-order valence-corrected chi connectivity index (χ2v) is 5.16. The van der Waals surface area contributed by atoms with Crippen molar-refractivity contribution < 1.29 is 0 Å². The molecule has 0 fully saturated rings. The van der Waals surface area contributed by atoms with Crippen molar-refractivity contribution in [2.45, 2.75) is 0 Å². The summed E-state index contributed by atoms with van der Waals surface area (Å²) in [4.78, 5) is 0. The number of anilines is 1. The molecule has 99 valence electrons. The molecule has 2 aromatic rings. The Labute approximate surface area is 132 Å². The molecule has 0 heterocycles. The molecule has 2 aromatic carbocycles. The van der Waals surface area contributed by atoms with Gasteiger partial charge in [0.25, 0.3) is 0 Å². The lowest BCUT2D eigenvalue weighted by Crippen LogP contribution is -1.88. The van der Waals surface area contributed by atoms with Crippen molar-refractivity contribution in [2.75, 3.05) is 5.32 Å². The van der Waals surface area contributed by atoms with Crippen molar-refractivity contribution in [1.82, 2.24) is 0 Å². The summed E-state index contributed by atoms with van der Waals surface area (Å²) in [5, 5.41) is 13.5. The highest BCUT2D eigenvalue weighted by Crippen LogP contribution is 2.22. The third-order valence-electron chi connectivity index (χ3n) is 2.43. The topological polar surface area (TPSA) is 35.8 Å². The lowest BCUT2D eigenvalue weighted by Gasteiger charge is -2.03. The molecular formula is C15H8Cl3N2. The number of rotatable bonds is 3. The van der Waals surface area contributed by atoms with Gasteiger partial charge in [0, 0.05) is 33.0 Å². The lowest BCUT2D eigenvalue weighted by atomic mass is 10.1. The molecule has 0 saturated heterocycles. The average molecular weight is 323 g/mol. The van der Waals surface area contributed by atoms with E-state index in [0.717, 1.165) is 11.3 Å². The van der Waals surface area contributed by atoms with Gasteiger partial charge in [-0.1, -0.05) is 40.9 Å². The molecule has 0 saturated carbocycles. The molecule has 20 heavy (non-hydrogen) atoms. The number of hydrogen-bond donors (Lipinski definition) is 1. The minimum absolute atomic E-state index is 0.389. The van der Waals surface area contributed by atoms with Crippen LogP contribution in [-0.4, -0.2) is 0 Å². The van der Waals surface area contributed by atoms with Gasteiger partial charge >= 0.3 is 0 Å². The van der Waals surface area contributed by atoms with Crippen molar-refractivity contribution in [3.63, 3.8) is 0 Å². The molecule has 0 unspecified atom stereocenters. The van der Waals surface area contributed by atoms with E-state index in [0.29, 0.717) is 20.6 Å². The van der Waals surface area contributed by atoms with Gasteiger partial charge in [-0.3, -0.25) is 0 Å². The number of nitrogens with one attached hydrogen (secondary N) is 1. The molecule has 2 rings (SSSR count). The number of benzene rings is 2. The van der Waals surface area contributed by atoms with Crippen LogP contribution in [0.1, 0.15) is 11.1 Å². The van der Waals surface area contributed by atoms with Crippen molar-refractivity contribution in [2.24, 2.45) is 0 Å². The SMILES string of the molecule is N#Cc1[c]c(Cl)ccc1C=CNc1cc(Cl)cc(Cl)c1. The highest BCUT2D eigenvalue weighted by molar-refractivity contribution is 6.35. The van der Waals surface area contributed by atoms with Crippen LogP contribution >= 0.6 is 34.8 Å². The molecule has 0 aliphatic carbocycles. The molecule has 0 amide bonds. The normalized spacial score (nSPS) is 10.5. The van der Waals surface area contributed by atoms with Gasteiger partial charge < -0.3 is 5.32 Å². The Kier molecular flexibility index (Phi) is 4.92. The summed E-state index contributed by atoms with van der Waals surface area (Å²) in [6.07, 6.45) is 3.44. The fourth-order valence-electron chi connectivity index (χ4n) is 1.58. The summed E-state index contributed by atoms with van der Waals surface area (Å²) in [5.41, 5.74) is 1.87. The maximum atomic E-state index is 9.00. The Morgan fingerprint density at radius 3 is 2.45 bits per heavy atom. The van der Waals surface area contributed by atoms with Crippen LogP contribution < -0.4 is 5.32 Å². The zero-order valence-electron chi connectivity index (χ0n) is 10.1. The van der Waals surface area contributed by atoms with E-state index in [4.69, 9.17) is 40.1 Å². The summed E-state index contributed by atoms with van der Waals surface area (Å²) in [6.45, 7) is 0. The van der Waals surface area contributed by atoms with Crippen LogP contribution in [0.15, 0.2) is 36.5 Å². The smallest absolute Gasteiger partial charge is 0.100 e. The van der Waals surface area contributed by atoms with Crippen LogP contribution in [0.25, 0.3) is 6.08 Å². The Hall–Kier alpha value is -1.66. The van der Waals surface area contributed by atoms with Gasteiger partial charge in [0.15, 0.2) is 0 Å². The van der Waals surface area contributed by atoms with E-state index < -0.39 is 0 Å². The standard InChI is InChI=1S/C15H8Cl3N2/c16-12-2-1-10(11(5-12)9-19)3-4-20-15-7-13(17)6-14(18)8-15/h1-4,6-8,20H. The summed E-state index contributed by atoms with van der Waals surface area (Å²) >= 11 is 17.6. The molecule has 1 radical (unpaired) electrons. The van der Waals surface area contributed by atoms with Gasteiger partial charge in [-0.25, -0.2) is 0 Å². The minimum Gasteiger partial charge on any atom is -0.362 e. The molecule has 1 N–H and O–H groups in total. The molecule has 2 nitrogen and oxygen atoms in total. The van der Waals surface area contributed by atoms with E-state index in [9.17, 15) is 0 Å². The summed E-state index contributed by atoms with van der Waals surface area (Å²) in [6, 6.07) is 13.4. The first-order chi connectivity index (χ1) is 9.58. The van der Waals surface area contributed by atoms with E-state index in [1.807, 2.05) is 6.07 Å². The minimum atomic E-state index is 0.389. The van der Waals surface area contributed by atoms with Gasteiger partial charge in [-0.2, -0.15) is 5.26 Å². The quantitative estimate of drug-likeness (QED) is 0.821. The van der Waals surface area contributed by atoms with Gasteiger partial charge in [-0.05, 0) is 35.9 Å². The summed E-state index contributed by atoms with van der Waals surface area (Å²) in [7, 11) is 0. The lowest BCUT2D eigenvalue weighted by molar-refractivity contribution is 1.46. The first-order valence-electron chi connectivity index (χ1n) is 5.59. The van der Waals surface area contributed by atoms with Gasteiger partial charge in [0.05, 0.1) is 5.56 Å². The van der Waals surface area contributed by atoms with Crippen LogP contribution in [-0.2, 0) is 0 Å². The number of halogens is 3. The predicted molar refractivity (Wildman–Crippen MR) is 84.1 cm³/mol. The molecule has 0 aliphatic heterocycles. The van der Waals surface area contributed by atoms with E-state index in [2.05, 4.69) is 11.4 Å². The maximum Gasteiger partial charge on any atom is 0.100 e. The highest BCUT2D eigenvalue weighted by Gasteiger charge is 2.00. The van der Waals surface area contributed by atoms with Crippen LogP contribution in [0.2, 0.25) is 15.1 Å². The van der Waals surface area contributed by atoms with Crippen molar-refractivity contribution in [3.05, 3.63) is 68.8 Å². The highest BCUT2D eigenvalue weighted by atomic mass is 35.5. The van der Waals surface area contributed by atoms with Gasteiger partial charge in [0.1, 0.15) is 6.07 Å². The summed E-state index contributed by atoms with van der Waals surface area (Å²) < 4.78 is 0. The summed E-state index contributed by atoms with van der Waals surface area (Å²) in [5.74, 6) is 0. The molecule has 5 heteroatoms. The second kappa shape index (κ2) is 6.67. The fraction of sp³-hybridized carbons (Fsp3) is 0. The molecule has 0 bridgehead atoms. The Bertz CT molecular complexity index is 683. The molecule has 0 aliphatic rings. The van der Waals surface area contributed by atoms with Crippen LogP contribution in [0.5, 0.6) is 0 Å². The Morgan fingerprint density at radius 2 is 1.80 bits per heavy atom. The largest absolute Gasteiger partial charge is 0.362 e. The molecule has 0 spiro atoms. The van der Waals surface area contributed by atoms with Crippen LogP contribution in [0, 0.1) is 17.4 Å². The van der Waals surface area contributed by atoms with Crippen molar-refractivity contribution >= 4 is 46.6 Å². The third kappa shape index (κ3) is 3.91. The first kappa shape index (κ1) is 14.7. The van der Waals surface area contributed by atoms with E-state index in [1.165, 1.54) is 0 Å². The molecule has 0 aromatic heterocycles. The Balaban J connectivity index is 2.16. The van der Waals surface area contributed by atoms with E-state index in [-0.39, 0.29) is 0 Å². The first-order valence-corrected chi connectivity index (χ1v) is 6.73. The zero-order valence-corrected chi connectivity index (χ0v) is 12.4. The van der Waals surface area contributed by atoms with Crippen molar-refractivity contribution in [1.29, 1.82) is 5.26 Å². The molecular weight excluding hydrogens is 315 g/mol. The monoisotopic (exact) mass is 321 g/mol. The second-order valence-electron chi connectivity index (χ2n) is 3.88. The maximum absolute atomic E-state index is 9.00. The predicted octanol–water partition coefficient (Wildman–Crippen LogP) is 5.40. The fourth-order valence-corrected chi connectivity index (χ4v) is 2.26. The number of hydrogen-bond acceptors (Lipinski definition) is 2. The third-order valence-corrected chi connectivity index (χ3v) is 3.09. The van der Waals surface area contributed by atoms with E-state index >= 15 is 0 Å². The van der Waals surface area contributed by atoms with Crippen molar-refractivity contribution in [3.8, 4) is 6.07 Å². The van der Waals surface area contributed by atoms with Gasteiger partial charge in [-0.15, -0.1) is 0 Å². The van der Waals surface area contributed by atoms with Gasteiger partial charge in [0.2, 0.25) is 0 Å². The van der Waals surface area contributed by atoms with Crippen LogP contribution in [0.4, 0.5) is 5.69 Å². The molecule has 0 atom stereocenters. The van der Waals surface area contributed by atoms with Crippen LogP contribution in [0.3, 0.4) is 0 Å². The Morgan fingerprint density at radius 1 is 1.10 bits per heavy atom. The van der Waals surface area contributed by atoms with E-state index in [1.54, 1.807) is 42.6 Å². The zero-order chi connectivity index (χ0) is 14.5.